The molecule has 0 aliphatic carbocycles. The molecule has 2 atom stereocenters. The Hall–Kier alpha value is -0.610. The first-order chi connectivity index (χ1) is 8.06. The fraction of sp³-hybridized carbons (Fsp3) is 0.923. The molecule has 2 unspecified atom stereocenters. The Labute approximate surface area is 105 Å². The van der Waals surface area contributed by atoms with E-state index < -0.39 is 0 Å². The maximum Gasteiger partial charge on any atom is 0.305 e. The van der Waals surface area contributed by atoms with Gasteiger partial charge in [-0.3, -0.25) is 4.79 Å². The van der Waals surface area contributed by atoms with E-state index in [1.807, 2.05) is 6.92 Å². The number of esters is 1. The van der Waals surface area contributed by atoms with Crippen LogP contribution in [0.1, 0.15) is 52.9 Å². The highest BCUT2D eigenvalue weighted by molar-refractivity contribution is 5.69. The maximum atomic E-state index is 11.0. The van der Waals surface area contributed by atoms with Crippen LogP contribution in [-0.2, 0) is 9.53 Å². The van der Waals surface area contributed by atoms with E-state index >= 15 is 0 Å². The standard InChI is InChI=1S/C13H27NO3/c1-4-17-13(16)8-6-5-7-9-14-11(2)10-12(3)15/h11-12,14-15H,4-10H2,1-3H3. The first kappa shape index (κ1) is 16.4. The van der Waals surface area contributed by atoms with Crippen LogP contribution in [0.3, 0.4) is 0 Å². The number of hydrogen-bond donors (Lipinski definition) is 2. The van der Waals surface area contributed by atoms with Crippen LogP contribution < -0.4 is 5.32 Å². The third kappa shape index (κ3) is 11.6. The lowest BCUT2D eigenvalue weighted by molar-refractivity contribution is -0.143. The lowest BCUT2D eigenvalue weighted by atomic mass is 10.1. The van der Waals surface area contributed by atoms with E-state index in [9.17, 15) is 9.90 Å². The molecular weight excluding hydrogens is 218 g/mol. The van der Waals surface area contributed by atoms with E-state index in [4.69, 9.17) is 4.74 Å². The summed E-state index contributed by atoms with van der Waals surface area (Å²) in [7, 11) is 0. The summed E-state index contributed by atoms with van der Waals surface area (Å²) in [5.41, 5.74) is 0. The van der Waals surface area contributed by atoms with Gasteiger partial charge in [-0.05, 0) is 46.6 Å². The van der Waals surface area contributed by atoms with E-state index in [0.29, 0.717) is 19.1 Å². The van der Waals surface area contributed by atoms with E-state index in [0.717, 1.165) is 32.2 Å². The van der Waals surface area contributed by atoms with Gasteiger partial charge in [-0.15, -0.1) is 0 Å². The molecule has 17 heavy (non-hydrogen) atoms. The number of aliphatic hydroxyl groups excluding tert-OH is 1. The highest BCUT2D eigenvalue weighted by atomic mass is 16.5. The van der Waals surface area contributed by atoms with Gasteiger partial charge in [0.05, 0.1) is 12.7 Å². The van der Waals surface area contributed by atoms with Gasteiger partial charge in [0.2, 0.25) is 0 Å². The van der Waals surface area contributed by atoms with Crippen molar-refractivity contribution in [1.82, 2.24) is 5.32 Å². The predicted molar refractivity (Wildman–Crippen MR) is 68.9 cm³/mol. The summed E-state index contributed by atoms with van der Waals surface area (Å²) in [6, 6.07) is 0.347. The molecule has 0 fully saturated rings. The van der Waals surface area contributed by atoms with Gasteiger partial charge in [-0.2, -0.15) is 0 Å². The van der Waals surface area contributed by atoms with Crippen LogP contribution in [0, 0.1) is 0 Å². The highest BCUT2D eigenvalue weighted by Gasteiger charge is 2.05. The summed E-state index contributed by atoms with van der Waals surface area (Å²) < 4.78 is 4.85. The Morgan fingerprint density at radius 2 is 2.00 bits per heavy atom. The summed E-state index contributed by atoms with van der Waals surface area (Å²) in [6.45, 7) is 7.11. The molecule has 102 valence electrons. The van der Waals surface area contributed by atoms with Crippen LogP contribution in [-0.4, -0.2) is 36.4 Å². The van der Waals surface area contributed by atoms with Gasteiger partial charge < -0.3 is 15.2 Å². The summed E-state index contributed by atoms with van der Waals surface area (Å²) in [6.07, 6.45) is 4.04. The molecule has 4 nitrogen and oxygen atoms in total. The number of nitrogens with one attached hydrogen (secondary N) is 1. The molecule has 4 heteroatoms. The van der Waals surface area contributed by atoms with Crippen molar-refractivity contribution in [3.8, 4) is 0 Å². The molecule has 0 aliphatic heterocycles. The van der Waals surface area contributed by atoms with Gasteiger partial charge in [0.1, 0.15) is 0 Å². The van der Waals surface area contributed by atoms with E-state index in [-0.39, 0.29) is 12.1 Å². The summed E-state index contributed by atoms with van der Waals surface area (Å²) in [5.74, 6) is -0.0945. The molecule has 0 radical (unpaired) electrons. The van der Waals surface area contributed by atoms with Gasteiger partial charge in [0.25, 0.3) is 0 Å². The van der Waals surface area contributed by atoms with Gasteiger partial charge in [0, 0.05) is 12.5 Å². The SMILES string of the molecule is CCOC(=O)CCCCCNC(C)CC(C)O. The summed E-state index contributed by atoms with van der Waals surface area (Å²) >= 11 is 0. The summed E-state index contributed by atoms with van der Waals surface area (Å²) in [4.78, 5) is 11.0. The molecule has 0 aromatic rings. The Bertz CT molecular complexity index is 195. The largest absolute Gasteiger partial charge is 0.466 e. The molecule has 0 saturated heterocycles. The second-order valence-electron chi connectivity index (χ2n) is 4.56. The third-order valence-corrected chi connectivity index (χ3v) is 2.55. The van der Waals surface area contributed by atoms with Crippen LogP contribution in [0.25, 0.3) is 0 Å². The number of ether oxygens (including phenoxy) is 1. The lowest BCUT2D eigenvalue weighted by Crippen LogP contribution is -2.29. The molecule has 0 saturated carbocycles. The highest BCUT2D eigenvalue weighted by Crippen LogP contribution is 2.02. The average molecular weight is 245 g/mol. The molecule has 0 spiro atoms. The Morgan fingerprint density at radius 1 is 1.29 bits per heavy atom. The molecule has 0 heterocycles. The molecular formula is C13H27NO3. The van der Waals surface area contributed by atoms with Crippen LogP contribution in [0.4, 0.5) is 0 Å². The van der Waals surface area contributed by atoms with Crippen LogP contribution in [0.5, 0.6) is 0 Å². The number of rotatable bonds is 10. The normalized spacial score (nSPS) is 14.4. The molecule has 2 N–H and O–H groups in total. The second kappa shape index (κ2) is 10.5. The number of aliphatic hydroxyl groups is 1. The van der Waals surface area contributed by atoms with Crippen molar-refractivity contribution in [1.29, 1.82) is 0 Å². The number of carbonyl (C=O) groups is 1. The van der Waals surface area contributed by atoms with Crippen molar-refractivity contribution >= 4 is 5.97 Å². The summed E-state index contributed by atoms with van der Waals surface area (Å²) in [5, 5.41) is 12.5. The fourth-order valence-corrected chi connectivity index (χ4v) is 1.75. The van der Waals surface area contributed by atoms with Crippen molar-refractivity contribution in [2.75, 3.05) is 13.2 Å². The number of unbranched alkanes of at least 4 members (excludes halogenated alkanes) is 2. The van der Waals surface area contributed by atoms with Crippen molar-refractivity contribution < 1.29 is 14.6 Å². The minimum atomic E-state index is -0.249. The Morgan fingerprint density at radius 3 is 2.59 bits per heavy atom. The quantitative estimate of drug-likeness (QED) is 0.455. The van der Waals surface area contributed by atoms with Crippen LogP contribution >= 0.6 is 0 Å². The Kier molecular flexibility index (Phi) is 10.2. The van der Waals surface area contributed by atoms with E-state index in [1.165, 1.54) is 0 Å². The lowest BCUT2D eigenvalue weighted by Gasteiger charge is -2.15. The smallest absolute Gasteiger partial charge is 0.305 e. The van der Waals surface area contributed by atoms with E-state index in [1.54, 1.807) is 6.92 Å². The second-order valence-corrected chi connectivity index (χ2v) is 4.56. The first-order valence-corrected chi connectivity index (χ1v) is 6.63. The topological polar surface area (TPSA) is 58.6 Å². The minimum Gasteiger partial charge on any atom is -0.466 e. The van der Waals surface area contributed by atoms with E-state index in [2.05, 4.69) is 12.2 Å². The number of carbonyl (C=O) groups excluding carboxylic acids is 1. The zero-order chi connectivity index (χ0) is 13.1. The van der Waals surface area contributed by atoms with Gasteiger partial charge >= 0.3 is 5.97 Å². The molecule has 0 bridgehead atoms. The molecule has 0 amide bonds. The first-order valence-electron chi connectivity index (χ1n) is 6.63. The van der Waals surface area contributed by atoms with Crippen molar-refractivity contribution in [3.63, 3.8) is 0 Å². The molecule has 0 rings (SSSR count). The van der Waals surface area contributed by atoms with Crippen molar-refractivity contribution in [3.05, 3.63) is 0 Å². The van der Waals surface area contributed by atoms with Gasteiger partial charge in [0.15, 0.2) is 0 Å². The zero-order valence-electron chi connectivity index (χ0n) is 11.4. The third-order valence-electron chi connectivity index (χ3n) is 2.55. The van der Waals surface area contributed by atoms with Crippen LogP contribution in [0.15, 0.2) is 0 Å². The minimum absolute atomic E-state index is 0.0945. The van der Waals surface area contributed by atoms with Gasteiger partial charge in [-0.1, -0.05) is 6.42 Å². The van der Waals surface area contributed by atoms with Crippen LogP contribution in [0.2, 0.25) is 0 Å². The molecule has 0 aromatic heterocycles. The van der Waals surface area contributed by atoms with Gasteiger partial charge in [-0.25, -0.2) is 0 Å². The fourth-order valence-electron chi connectivity index (χ4n) is 1.75. The molecule has 0 aromatic carbocycles. The zero-order valence-corrected chi connectivity index (χ0v) is 11.4. The van der Waals surface area contributed by atoms with Crippen molar-refractivity contribution in [2.24, 2.45) is 0 Å². The number of hydrogen-bond acceptors (Lipinski definition) is 4. The van der Waals surface area contributed by atoms with Crippen molar-refractivity contribution in [2.45, 2.75) is 65.0 Å². The molecule has 0 aliphatic rings. The average Bonchev–Trinajstić information content (AvgIpc) is 2.22. The predicted octanol–water partition coefficient (Wildman–Crippen LogP) is 1.86. The Balaban J connectivity index is 3.26. The maximum absolute atomic E-state index is 11.0. The monoisotopic (exact) mass is 245 g/mol.